The monoisotopic (exact) mass is 270 g/mol. The van der Waals surface area contributed by atoms with E-state index >= 15 is 0 Å². The summed E-state index contributed by atoms with van der Waals surface area (Å²) in [4.78, 5) is 13.7. The minimum absolute atomic E-state index is 0.0519. The number of Topliss-reactive ketones (excluding diaryl/α,β-unsaturated/α-hetero) is 1. The summed E-state index contributed by atoms with van der Waals surface area (Å²) in [6.07, 6.45) is 0. The second kappa shape index (κ2) is 4.31. The van der Waals surface area contributed by atoms with Crippen molar-refractivity contribution in [2.45, 2.75) is 32.6 Å². The molecule has 3 rings (SSSR count). The Balaban J connectivity index is 2.02. The van der Waals surface area contributed by atoms with Crippen LogP contribution in [0.2, 0.25) is 0 Å². The fraction of sp³-hybridized carbons (Fsp3) is 0.353. The van der Waals surface area contributed by atoms with Crippen molar-refractivity contribution in [3.63, 3.8) is 0 Å². The predicted molar refractivity (Wildman–Crippen MR) is 79.8 cm³/mol. The van der Waals surface area contributed by atoms with Gasteiger partial charge in [-0.2, -0.15) is 0 Å². The lowest BCUT2D eigenvalue weighted by Crippen LogP contribution is -2.50. The Morgan fingerprint density at radius 2 is 1.84 bits per heavy atom. The van der Waals surface area contributed by atoms with Crippen LogP contribution in [0.5, 0.6) is 0 Å². The third-order valence-corrected chi connectivity index (χ3v) is 5.38. The van der Waals surface area contributed by atoms with Gasteiger partial charge in [0.15, 0.2) is 0 Å². The van der Waals surface area contributed by atoms with Crippen LogP contribution in [0, 0.1) is 12.3 Å². The van der Waals surface area contributed by atoms with E-state index in [2.05, 4.69) is 56.5 Å². The van der Waals surface area contributed by atoms with Gasteiger partial charge in [-0.05, 0) is 29.5 Å². The van der Waals surface area contributed by atoms with E-state index in [1.165, 1.54) is 16.0 Å². The molecule has 0 spiro atoms. The molecule has 1 heterocycles. The van der Waals surface area contributed by atoms with Gasteiger partial charge in [-0.3, -0.25) is 4.79 Å². The predicted octanol–water partition coefficient (Wildman–Crippen LogP) is 4.53. The second-order valence-corrected chi connectivity index (χ2v) is 6.92. The maximum Gasteiger partial charge on any atom is 0.148 e. The molecule has 0 radical (unpaired) electrons. The Morgan fingerprint density at radius 1 is 1.16 bits per heavy atom. The summed E-state index contributed by atoms with van der Waals surface area (Å²) in [7, 11) is 0. The molecule has 1 aromatic heterocycles. The summed E-state index contributed by atoms with van der Waals surface area (Å²) in [5.74, 6) is 0.735. The summed E-state index contributed by atoms with van der Waals surface area (Å²) in [6, 6.07) is 12.6. The summed E-state index contributed by atoms with van der Waals surface area (Å²) in [5, 5.41) is 2.13. The number of aryl methyl sites for hydroxylation is 1. The molecule has 0 unspecified atom stereocenters. The number of carbonyl (C=O) groups is 1. The van der Waals surface area contributed by atoms with Crippen LogP contribution < -0.4 is 0 Å². The van der Waals surface area contributed by atoms with Crippen LogP contribution in [0.15, 0.2) is 41.8 Å². The molecular formula is C17H18OS. The van der Waals surface area contributed by atoms with E-state index in [0.29, 0.717) is 11.7 Å². The van der Waals surface area contributed by atoms with Crippen molar-refractivity contribution >= 4 is 17.1 Å². The van der Waals surface area contributed by atoms with E-state index < -0.39 is 0 Å². The molecule has 0 bridgehead atoms. The molecule has 2 heteroatoms. The minimum atomic E-state index is -0.246. The third-order valence-electron chi connectivity index (χ3n) is 4.24. The van der Waals surface area contributed by atoms with Gasteiger partial charge in [0.1, 0.15) is 5.78 Å². The summed E-state index contributed by atoms with van der Waals surface area (Å²) >= 11 is 1.72. The Bertz CT molecular complexity index is 609. The first kappa shape index (κ1) is 12.6. The number of ketones is 1. The van der Waals surface area contributed by atoms with Crippen LogP contribution >= 0.6 is 11.3 Å². The first-order valence-electron chi connectivity index (χ1n) is 6.66. The zero-order valence-electron chi connectivity index (χ0n) is 11.5. The van der Waals surface area contributed by atoms with Gasteiger partial charge in [0.25, 0.3) is 0 Å². The van der Waals surface area contributed by atoms with Gasteiger partial charge < -0.3 is 0 Å². The van der Waals surface area contributed by atoms with Gasteiger partial charge in [-0.25, -0.2) is 0 Å². The van der Waals surface area contributed by atoms with E-state index in [1.807, 2.05) is 6.07 Å². The van der Waals surface area contributed by atoms with Crippen LogP contribution in [0.3, 0.4) is 0 Å². The molecule has 19 heavy (non-hydrogen) atoms. The highest BCUT2D eigenvalue weighted by atomic mass is 32.1. The minimum Gasteiger partial charge on any atom is -0.298 e. The molecule has 1 aromatic carbocycles. The molecule has 1 saturated carbocycles. The number of hydrogen-bond donors (Lipinski definition) is 0. The highest BCUT2D eigenvalue weighted by molar-refractivity contribution is 7.10. The molecule has 1 aliphatic carbocycles. The van der Waals surface area contributed by atoms with E-state index in [1.54, 1.807) is 11.3 Å². The van der Waals surface area contributed by atoms with Gasteiger partial charge in [0.2, 0.25) is 0 Å². The first-order chi connectivity index (χ1) is 9.01. The SMILES string of the molecule is Cc1csc([C@@H]2C(=O)C(C)(C)[C@H]2c2ccccc2)c1. The Kier molecular flexibility index (Phi) is 2.86. The number of hydrogen-bond acceptors (Lipinski definition) is 2. The first-order valence-corrected chi connectivity index (χ1v) is 7.54. The second-order valence-electron chi connectivity index (χ2n) is 5.98. The molecule has 0 aliphatic heterocycles. The number of benzene rings is 1. The number of thiophene rings is 1. The zero-order chi connectivity index (χ0) is 13.6. The van der Waals surface area contributed by atoms with Gasteiger partial charge in [0, 0.05) is 16.2 Å². The smallest absolute Gasteiger partial charge is 0.148 e. The van der Waals surface area contributed by atoms with Crippen molar-refractivity contribution in [1.29, 1.82) is 0 Å². The van der Waals surface area contributed by atoms with Crippen molar-refractivity contribution in [2.75, 3.05) is 0 Å². The van der Waals surface area contributed by atoms with Gasteiger partial charge in [-0.15, -0.1) is 11.3 Å². The summed E-state index contributed by atoms with van der Waals surface area (Å²) in [5.41, 5.74) is 2.29. The van der Waals surface area contributed by atoms with Gasteiger partial charge in [0.05, 0.1) is 5.92 Å². The van der Waals surface area contributed by atoms with Crippen molar-refractivity contribution in [1.82, 2.24) is 0 Å². The van der Waals surface area contributed by atoms with Crippen LogP contribution in [0.25, 0.3) is 0 Å². The standard InChI is InChI=1S/C17H18OS/c1-11-9-13(19-10-11)14-15(17(2,3)16(14)18)12-7-5-4-6-8-12/h4-10,14-15H,1-3H3/t14-,15-/m0/s1. The molecule has 98 valence electrons. The van der Waals surface area contributed by atoms with Crippen molar-refractivity contribution in [3.05, 3.63) is 57.8 Å². The molecule has 2 atom stereocenters. The molecule has 1 aliphatic rings. The van der Waals surface area contributed by atoms with Crippen LogP contribution in [0.4, 0.5) is 0 Å². The van der Waals surface area contributed by atoms with Crippen LogP contribution in [-0.2, 0) is 4.79 Å². The van der Waals surface area contributed by atoms with E-state index in [4.69, 9.17) is 0 Å². The quantitative estimate of drug-likeness (QED) is 0.783. The van der Waals surface area contributed by atoms with E-state index in [-0.39, 0.29) is 11.3 Å². The van der Waals surface area contributed by atoms with Crippen LogP contribution in [-0.4, -0.2) is 5.78 Å². The lowest BCUT2D eigenvalue weighted by molar-refractivity contribution is -0.141. The van der Waals surface area contributed by atoms with E-state index in [0.717, 1.165) is 0 Å². The summed E-state index contributed by atoms with van der Waals surface area (Å²) in [6.45, 7) is 6.24. The van der Waals surface area contributed by atoms with Crippen LogP contribution in [0.1, 0.15) is 41.7 Å². The maximum absolute atomic E-state index is 12.5. The third kappa shape index (κ3) is 1.86. The lowest BCUT2D eigenvalue weighted by Gasteiger charge is -2.49. The Morgan fingerprint density at radius 3 is 2.42 bits per heavy atom. The van der Waals surface area contributed by atoms with Crippen molar-refractivity contribution < 1.29 is 4.79 Å². The van der Waals surface area contributed by atoms with E-state index in [9.17, 15) is 4.79 Å². The lowest BCUT2D eigenvalue weighted by atomic mass is 9.52. The average Bonchev–Trinajstić information content (AvgIpc) is 2.82. The highest BCUT2D eigenvalue weighted by Crippen LogP contribution is 2.58. The average molecular weight is 270 g/mol. The molecular weight excluding hydrogens is 252 g/mol. The zero-order valence-corrected chi connectivity index (χ0v) is 12.3. The fourth-order valence-corrected chi connectivity index (χ4v) is 4.24. The molecule has 1 nitrogen and oxygen atoms in total. The molecule has 0 N–H and O–H groups in total. The topological polar surface area (TPSA) is 17.1 Å². The maximum atomic E-state index is 12.5. The Labute approximate surface area is 118 Å². The number of rotatable bonds is 2. The van der Waals surface area contributed by atoms with Gasteiger partial charge in [-0.1, -0.05) is 44.2 Å². The Hall–Kier alpha value is -1.41. The highest BCUT2D eigenvalue weighted by Gasteiger charge is 2.57. The fourth-order valence-electron chi connectivity index (χ4n) is 3.21. The van der Waals surface area contributed by atoms with Crippen molar-refractivity contribution in [3.8, 4) is 0 Å². The van der Waals surface area contributed by atoms with Gasteiger partial charge >= 0.3 is 0 Å². The normalized spacial score (nSPS) is 25.1. The largest absolute Gasteiger partial charge is 0.298 e. The van der Waals surface area contributed by atoms with Crippen molar-refractivity contribution in [2.24, 2.45) is 5.41 Å². The summed E-state index contributed by atoms with van der Waals surface area (Å²) < 4.78 is 0. The molecule has 0 amide bonds. The molecule has 0 saturated heterocycles. The number of carbonyl (C=O) groups excluding carboxylic acids is 1. The molecule has 2 aromatic rings. The molecule has 1 fully saturated rings.